The molecule has 6 nitrogen and oxygen atoms in total. The van der Waals surface area contributed by atoms with Crippen LogP contribution in [0.2, 0.25) is 5.02 Å². The molecule has 2 aromatic rings. The average molecular weight is 409 g/mol. The van der Waals surface area contributed by atoms with Crippen LogP contribution in [0.5, 0.6) is 5.75 Å². The van der Waals surface area contributed by atoms with Gasteiger partial charge in [-0.2, -0.15) is 0 Å². The van der Waals surface area contributed by atoms with Crippen molar-refractivity contribution in [3.63, 3.8) is 0 Å². The minimum Gasteiger partial charge on any atom is -0.506 e. The average Bonchev–Trinajstić information content (AvgIpc) is 3.09. The van der Waals surface area contributed by atoms with E-state index < -0.39 is 5.91 Å². The Balaban J connectivity index is 1.70. The second-order valence-corrected chi connectivity index (χ2v) is 7.54. The molecule has 0 unspecified atom stereocenters. The number of hydrogen-bond acceptors (Lipinski definition) is 6. The van der Waals surface area contributed by atoms with Crippen molar-refractivity contribution >= 4 is 63.5 Å². The number of aromatic hydroxyl groups is 1. The van der Waals surface area contributed by atoms with E-state index in [1.54, 1.807) is 25.1 Å². The van der Waals surface area contributed by atoms with Crippen molar-refractivity contribution in [2.75, 3.05) is 11.9 Å². The van der Waals surface area contributed by atoms with E-state index in [0.29, 0.717) is 15.7 Å². The van der Waals surface area contributed by atoms with Gasteiger partial charge in [0.2, 0.25) is 5.91 Å². The van der Waals surface area contributed by atoms with Gasteiger partial charge in [-0.05, 0) is 37.3 Å². The normalized spacial score (nSPS) is 15.8. The molecule has 3 rings (SSSR count). The SMILES string of the molecule is Cc1ccc(/C=C2\SC(=S)N(CC(=O)Nc3cc(Cl)ccc3O)C2=O)o1. The maximum Gasteiger partial charge on any atom is 0.266 e. The summed E-state index contributed by atoms with van der Waals surface area (Å²) < 4.78 is 5.70. The minimum absolute atomic E-state index is 0.124. The molecular weight excluding hydrogens is 396 g/mol. The van der Waals surface area contributed by atoms with Crippen LogP contribution in [0.15, 0.2) is 39.7 Å². The zero-order valence-corrected chi connectivity index (χ0v) is 15.9. The number of furan rings is 1. The number of carbonyl (C=O) groups is 2. The molecule has 0 aliphatic carbocycles. The monoisotopic (exact) mass is 408 g/mol. The summed E-state index contributed by atoms with van der Waals surface area (Å²) in [6, 6.07) is 7.81. The molecule has 1 aromatic carbocycles. The summed E-state index contributed by atoms with van der Waals surface area (Å²) >= 11 is 12.1. The van der Waals surface area contributed by atoms with Gasteiger partial charge in [0.1, 0.15) is 28.1 Å². The van der Waals surface area contributed by atoms with Crippen molar-refractivity contribution in [1.29, 1.82) is 0 Å². The van der Waals surface area contributed by atoms with Gasteiger partial charge in [0, 0.05) is 11.1 Å². The van der Waals surface area contributed by atoms with Crippen LogP contribution in [0.4, 0.5) is 5.69 Å². The Hall–Kier alpha value is -2.29. The first-order valence-electron chi connectivity index (χ1n) is 7.43. The fourth-order valence-electron chi connectivity index (χ4n) is 2.24. The van der Waals surface area contributed by atoms with Crippen LogP contribution >= 0.6 is 35.6 Å². The highest BCUT2D eigenvalue weighted by molar-refractivity contribution is 8.26. The molecule has 2 N–H and O–H groups in total. The molecule has 1 fully saturated rings. The van der Waals surface area contributed by atoms with Gasteiger partial charge in [0.15, 0.2) is 0 Å². The highest BCUT2D eigenvalue weighted by Crippen LogP contribution is 2.33. The Morgan fingerprint density at radius 2 is 2.19 bits per heavy atom. The molecule has 1 aromatic heterocycles. The van der Waals surface area contributed by atoms with Gasteiger partial charge in [-0.25, -0.2) is 0 Å². The van der Waals surface area contributed by atoms with E-state index in [9.17, 15) is 14.7 Å². The van der Waals surface area contributed by atoms with Crippen molar-refractivity contribution in [2.45, 2.75) is 6.92 Å². The molecule has 9 heteroatoms. The number of rotatable bonds is 4. The highest BCUT2D eigenvalue weighted by atomic mass is 35.5. The molecule has 134 valence electrons. The van der Waals surface area contributed by atoms with Gasteiger partial charge in [0.25, 0.3) is 5.91 Å². The number of benzene rings is 1. The van der Waals surface area contributed by atoms with Crippen molar-refractivity contribution < 1.29 is 19.1 Å². The van der Waals surface area contributed by atoms with E-state index in [2.05, 4.69) is 5.32 Å². The molecule has 0 atom stereocenters. The second-order valence-electron chi connectivity index (χ2n) is 5.43. The van der Waals surface area contributed by atoms with Crippen molar-refractivity contribution in [2.24, 2.45) is 0 Å². The summed E-state index contributed by atoms with van der Waals surface area (Å²) in [5.74, 6) is 0.262. The quantitative estimate of drug-likeness (QED) is 0.455. The Morgan fingerprint density at radius 1 is 1.42 bits per heavy atom. The van der Waals surface area contributed by atoms with Crippen molar-refractivity contribution in [3.8, 4) is 5.75 Å². The van der Waals surface area contributed by atoms with Crippen molar-refractivity contribution in [1.82, 2.24) is 4.90 Å². The van der Waals surface area contributed by atoms with Gasteiger partial charge in [-0.1, -0.05) is 35.6 Å². The lowest BCUT2D eigenvalue weighted by Crippen LogP contribution is -2.36. The predicted octanol–water partition coefficient (Wildman–Crippen LogP) is 3.79. The molecule has 2 heterocycles. The number of thiocarbonyl (C=S) groups is 1. The number of nitrogens with one attached hydrogen (secondary N) is 1. The van der Waals surface area contributed by atoms with Crippen LogP contribution in [0, 0.1) is 6.92 Å². The molecule has 0 saturated carbocycles. The maximum absolute atomic E-state index is 12.5. The number of phenols is 1. The van der Waals surface area contributed by atoms with Crippen LogP contribution in [0.25, 0.3) is 6.08 Å². The van der Waals surface area contributed by atoms with Crippen LogP contribution < -0.4 is 5.32 Å². The Labute approximate surface area is 163 Å². The lowest BCUT2D eigenvalue weighted by molar-refractivity contribution is -0.126. The maximum atomic E-state index is 12.5. The summed E-state index contributed by atoms with van der Waals surface area (Å²) in [4.78, 5) is 26.3. The number of carbonyl (C=O) groups excluding carboxylic acids is 2. The zero-order valence-electron chi connectivity index (χ0n) is 13.5. The first-order valence-corrected chi connectivity index (χ1v) is 9.04. The molecule has 0 spiro atoms. The fourth-order valence-corrected chi connectivity index (χ4v) is 3.65. The van der Waals surface area contributed by atoms with Gasteiger partial charge in [-0.15, -0.1) is 0 Å². The number of aryl methyl sites for hydroxylation is 1. The van der Waals surface area contributed by atoms with Crippen LogP contribution in [-0.4, -0.2) is 32.7 Å². The summed E-state index contributed by atoms with van der Waals surface area (Å²) in [6.07, 6.45) is 1.59. The molecule has 0 radical (unpaired) electrons. The minimum atomic E-state index is -0.506. The van der Waals surface area contributed by atoms with Crippen LogP contribution in [0.1, 0.15) is 11.5 Å². The van der Waals surface area contributed by atoms with Gasteiger partial charge < -0.3 is 14.8 Å². The molecule has 1 aliphatic rings. The van der Waals surface area contributed by atoms with Crippen LogP contribution in [0.3, 0.4) is 0 Å². The Kier molecular flexibility index (Phi) is 5.36. The number of halogens is 1. The summed E-state index contributed by atoms with van der Waals surface area (Å²) in [5, 5.41) is 12.6. The second kappa shape index (κ2) is 7.53. The Bertz CT molecular complexity index is 939. The first-order chi connectivity index (χ1) is 12.3. The summed E-state index contributed by atoms with van der Waals surface area (Å²) in [5.41, 5.74) is 0.162. The molecule has 1 saturated heterocycles. The number of phenolic OH excluding ortho intramolecular Hbond substituents is 1. The van der Waals surface area contributed by atoms with E-state index >= 15 is 0 Å². The smallest absolute Gasteiger partial charge is 0.266 e. The fraction of sp³-hybridized carbons (Fsp3) is 0.118. The number of thioether (sulfide) groups is 1. The van der Waals surface area contributed by atoms with Gasteiger partial charge in [-0.3, -0.25) is 14.5 Å². The number of amides is 2. The van der Waals surface area contributed by atoms with E-state index in [1.165, 1.54) is 23.1 Å². The Morgan fingerprint density at radius 3 is 2.88 bits per heavy atom. The standard InChI is InChI=1S/C17H13ClN2O4S2/c1-9-2-4-11(24-9)7-14-16(23)20(17(25)26-14)8-15(22)19-12-6-10(18)3-5-13(12)21/h2-7,21H,8H2,1H3,(H,19,22)/b14-7-. The van der Waals surface area contributed by atoms with Gasteiger partial charge >= 0.3 is 0 Å². The van der Waals surface area contributed by atoms with E-state index in [1.807, 2.05) is 0 Å². The molecule has 2 amide bonds. The number of nitrogens with zero attached hydrogens (tertiary/aromatic N) is 1. The molecule has 1 aliphatic heterocycles. The third-order valence-corrected chi connectivity index (χ3v) is 5.06. The number of anilines is 1. The van der Waals surface area contributed by atoms with E-state index in [4.69, 9.17) is 28.2 Å². The van der Waals surface area contributed by atoms with E-state index in [-0.39, 0.29) is 28.2 Å². The summed E-state index contributed by atoms with van der Waals surface area (Å²) in [6.45, 7) is 1.53. The lowest BCUT2D eigenvalue weighted by atomic mass is 10.3. The van der Waals surface area contributed by atoms with Gasteiger partial charge in [0.05, 0.1) is 10.6 Å². The third-order valence-electron chi connectivity index (χ3n) is 3.44. The van der Waals surface area contributed by atoms with Crippen molar-refractivity contribution in [3.05, 3.63) is 51.8 Å². The van der Waals surface area contributed by atoms with E-state index in [0.717, 1.165) is 17.5 Å². The first kappa shape index (κ1) is 18.5. The molecule has 26 heavy (non-hydrogen) atoms. The topological polar surface area (TPSA) is 82.8 Å². The molecular formula is C17H13ClN2O4S2. The highest BCUT2D eigenvalue weighted by Gasteiger charge is 2.33. The summed E-state index contributed by atoms with van der Waals surface area (Å²) in [7, 11) is 0. The third kappa shape index (κ3) is 4.09. The van der Waals surface area contributed by atoms with Crippen LogP contribution in [-0.2, 0) is 9.59 Å². The largest absolute Gasteiger partial charge is 0.506 e. The molecule has 0 bridgehead atoms. The predicted molar refractivity (Wildman–Crippen MR) is 105 cm³/mol. The lowest BCUT2D eigenvalue weighted by Gasteiger charge is -2.14. The number of hydrogen-bond donors (Lipinski definition) is 2. The zero-order chi connectivity index (χ0) is 18.8.